The molecule has 0 aliphatic carbocycles. The number of halogens is 1. The molecule has 2 aliphatic heterocycles. The average molecular weight is 424 g/mol. The Morgan fingerprint density at radius 1 is 1.42 bits per heavy atom. The minimum absolute atomic E-state index is 0.201. The summed E-state index contributed by atoms with van der Waals surface area (Å²) >= 11 is 8.08. The number of rotatable bonds is 4. The first-order valence-corrected chi connectivity index (χ1v) is 9.76. The number of ether oxygens (including phenoxy) is 2. The largest absolute Gasteiger partial charge is 0.477 e. The van der Waals surface area contributed by atoms with Crippen LogP contribution in [-0.4, -0.2) is 60.7 Å². The molecule has 0 bridgehead atoms. The summed E-state index contributed by atoms with van der Waals surface area (Å²) in [6.45, 7) is 6.03. The maximum absolute atomic E-state index is 12.6. The molecule has 0 spiro atoms. The molecular weight excluding hydrogens is 406 g/mol. The van der Waals surface area contributed by atoms with Crippen LogP contribution in [0, 0.1) is 0 Å². The van der Waals surface area contributed by atoms with Crippen molar-refractivity contribution in [3.63, 3.8) is 0 Å². The topological polar surface area (TPSA) is 110 Å². The predicted molar refractivity (Wildman–Crippen MR) is 96.8 cm³/mol. The van der Waals surface area contributed by atoms with Gasteiger partial charge in [-0.3, -0.25) is 14.5 Å². The normalized spacial score (nSPS) is 25.3. The maximum atomic E-state index is 12.6. The molecule has 26 heavy (non-hydrogen) atoms. The average Bonchev–Trinajstić information content (AvgIpc) is 2.49. The molecule has 8 nitrogen and oxygen atoms in total. The number of alkyl halides is 1. The zero-order valence-electron chi connectivity index (χ0n) is 14.5. The first kappa shape index (κ1) is 20.9. The number of hydrogen-bond acceptors (Lipinski definition) is 8. The summed E-state index contributed by atoms with van der Waals surface area (Å²) in [5, 5.41) is 8.01. The van der Waals surface area contributed by atoms with Crippen LogP contribution in [-0.2, 0) is 23.9 Å². The van der Waals surface area contributed by atoms with Gasteiger partial charge in [-0.1, -0.05) is 11.6 Å². The Labute approximate surface area is 163 Å². The summed E-state index contributed by atoms with van der Waals surface area (Å²) in [6, 6.07) is 0. The molecule has 1 unspecified atom stereocenters. The molecule has 1 fully saturated rings. The molecule has 2 atom stereocenters. The van der Waals surface area contributed by atoms with Crippen LogP contribution in [0.4, 0.5) is 4.79 Å². The number of hydrogen-bond donors (Lipinski definition) is 1. The lowest BCUT2D eigenvalue weighted by Gasteiger charge is -2.53. The van der Waals surface area contributed by atoms with E-state index in [1.807, 2.05) is 0 Å². The SMILES string of the molecule is CC(=O)OCC1=C(C(=O)O)N2C(=O)C(Cl)(SC(=O)OC(C)(C)C)[C@H]2SC1. The molecule has 2 rings (SSSR count). The second-order valence-electron chi connectivity index (χ2n) is 6.59. The van der Waals surface area contributed by atoms with Crippen LogP contribution in [0.1, 0.15) is 27.7 Å². The van der Waals surface area contributed by atoms with Gasteiger partial charge in [-0.25, -0.2) is 9.59 Å². The molecule has 2 aliphatic rings. The van der Waals surface area contributed by atoms with Gasteiger partial charge in [0.25, 0.3) is 5.91 Å². The quantitative estimate of drug-likeness (QED) is 0.414. The van der Waals surface area contributed by atoms with Crippen molar-refractivity contribution in [2.45, 2.75) is 42.9 Å². The van der Waals surface area contributed by atoms with Crippen molar-refractivity contribution in [2.24, 2.45) is 0 Å². The van der Waals surface area contributed by atoms with E-state index in [0.29, 0.717) is 17.3 Å². The molecule has 0 aromatic heterocycles. The Kier molecular flexibility index (Phi) is 5.89. The molecule has 0 radical (unpaired) electrons. The number of fused-ring (bicyclic) bond motifs is 1. The summed E-state index contributed by atoms with van der Waals surface area (Å²) < 4.78 is 8.39. The lowest BCUT2D eigenvalue weighted by Crippen LogP contribution is -2.69. The van der Waals surface area contributed by atoms with Crippen molar-refractivity contribution in [1.29, 1.82) is 0 Å². The van der Waals surface area contributed by atoms with Crippen LogP contribution in [0.25, 0.3) is 0 Å². The van der Waals surface area contributed by atoms with E-state index in [1.165, 1.54) is 18.7 Å². The van der Waals surface area contributed by atoms with E-state index in [1.54, 1.807) is 20.8 Å². The highest BCUT2D eigenvalue weighted by atomic mass is 35.5. The number of carboxylic acid groups (broad SMARTS) is 1. The van der Waals surface area contributed by atoms with Gasteiger partial charge in [-0.05, 0) is 32.5 Å². The third-order valence-electron chi connectivity index (χ3n) is 3.33. The number of carbonyl (C=O) groups excluding carboxylic acids is 3. The van der Waals surface area contributed by atoms with Gasteiger partial charge in [0.1, 0.15) is 23.3 Å². The van der Waals surface area contributed by atoms with E-state index in [-0.39, 0.29) is 18.1 Å². The molecule has 1 N–H and O–H groups in total. The Hall–Kier alpha value is -1.39. The molecule has 1 amide bonds. The highest BCUT2D eigenvalue weighted by Crippen LogP contribution is 2.55. The van der Waals surface area contributed by atoms with Crippen molar-refractivity contribution in [3.8, 4) is 0 Å². The fourth-order valence-corrected chi connectivity index (χ4v) is 5.42. The van der Waals surface area contributed by atoms with E-state index in [0.717, 1.165) is 4.90 Å². The number of β-lactam (4-membered cyclic amide) rings is 1. The zero-order chi connectivity index (χ0) is 19.9. The van der Waals surface area contributed by atoms with Crippen LogP contribution >= 0.6 is 35.1 Å². The van der Waals surface area contributed by atoms with Gasteiger partial charge in [0.15, 0.2) is 0 Å². The van der Waals surface area contributed by atoms with Crippen molar-refractivity contribution in [2.75, 3.05) is 12.4 Å². The third-order valence-corrected chi connectivity index (χ3v) is 6.55. The number of thioether (sulfide) groups is 2. The van der Waals surface area contributed by atoms with Gasteiger partial charge in [-0.15, -0.1) is 11.8 Å². The zero-order valence-corrected chi connectivity index (χ0v) is 16.9. The van der Waals surface area contributed by atoms with E-state index in [4.69, 9.17) is 21.1 Å². The van der Waals surface area contributed by atoms with Crippen molar-refractivity contribution in [1.82, 2.24) is 4.90 Å². The van der Waals surface area contributed by atoms with Crippen LogP contribution in [0.5, 0.6) is 0 Å². The Morgan fingerprint density at radius 3 is 2.54 bits per heavy atom. The van der Waals surface area contributed by atoms with Gasteiger partial charge in [0.2, 0.25) is 4.21 Å². The van der Waals surface area contributed by atoms with Crippen molar-refractivity contribution in [3.05, 3.63) is 11.3 Å². The number of esters is 1. The molecule has 0 aromatic rings. The monoisotopic (exact) mass is 423 g/mol. The Bertz CT molecular complexity index is 703. The third kappa shape index (κ3) is 4.12. The van der Waals surface area contributed by atoms with Gasteiger partial charge in [0.05, 0.1) is 0 Å². The first-order valence-electron chi connectivity index (χ1n) is 7.51. The first-order chi connectivity index (χ1) is 11.9. The molecule has 0 aromatic carbocycles. The van der Waals surface area contributed by atoms with Crippen LogP contribution in [0.2, 0.25) is 0 Å². The van der Waals surface area contributed by atoms with Crippen LogP contribution in [0.3, 0.4) is 0 Å². The number of amides is 1. The van der Waals surface area contributed by atoms with Crippen molar-refractivity contribution >= 4 is 58.3 Å². The van der Waals surface area contributed by atoms with Gasteiger partial charge < -0.3 is 14.6 Å². The molecule has 2 heterocycles. The Balaban J connectivity index is 2.21. The highest BCUT2D eigenvalue weighted by molar-refractivity contribution is 8.17. The van der Waals surface area contributed by atoms with Gasteiger partial charge in [-0.2, -0.15) is 0 Å². The second kappa shape index (κ2) is 7.32. The van der Waals surface area contributed by atoms with Gasteiger partial charge >= 0.3 is 17.2 Å². The smallest absolute Gasteiger partial charge is 0.370 e. The Morgan fingerprint density at radius 2 is 2.04 bits per heavy atom. The van der Waals surface area contributed by atoms with E-state index < -0.39 is 38.3 Å². The summed E-state index contributed by atoms with van der Waals surface area (Å²) in [4.78, 5) is 48.2. The molecule has 144 valence electrons. The second-order valence-corrected chi connectivity index (χ2v) is 9.66. The van der Waals surface area contributed by atoms with E-state index in [2.05, 4.69) is 0 Å². The molecular formula is C15H18ClNO7S2. The number of aliphatic carboxylic acids is 1. The van der Waals surface area contributed by atoms with Crippen molar-refractivity contribution < 1.29 is 33.8 Å². The van der Waals surface area contributed by atoms with E-state index >= 15 is 0 Å². The number of carboxylic acids is 1. The summed E-state index contributed by atoms with van der Waals surface area (Å²) in [5.74, 6) is -2.40. The molecule has 1 saturated heterocycles. The van der Waals surface area contributed by atoms with E-state index in [9.17, 15) is 24.3 Å². The minimum atomic E-state index is -1.64. The maximum Gasteiger partial charge on any atom is 0.370 e. The van der Waals surface area contributed by atoms with Crippen LogP contribution < -0.4 is 0 Å². The fourth-order valence-electron chi connectivity index (χ4n) is 2.33. The number of carbonyl (C=O) groups is 4. The summed E-state index contributed by atoms with van der Waals surface area (Å²) in [6.07, 6.45) is 0. The van der Waals surface area contributed by atoms with Gasteiger partial charge in [0, 0.05) is 18.2 Å². The lowest BCUT2D eigenvalue weighted by atomic mass is 10.1. The summed E-state index contributed by atoms with van der Waals surface area (Å²) in [5.41, 5.74) is -0.711. The minimum Gasteiger partial charge on any atom is -0.477 e. The standard InChI is InChI=1S/C15H18ClNO7S2/c1-7(18)23-5-8-6-25-12-15(16,26-13(22)24-14(2,3)4)11(21)17(12)9(8)10(19)20/h12H,5-6H2,1-4H3,(H,19,20)/t12-,15?/m1/s1. The predicted octanol–water partition coefficient (Wildman–Crippen LogP) is 2.41. The summed E-state index contributed by atoms with van der Waals surface area (Å²) in [7, 11) is 0. The number of nitrogens with zero attached hydrogens (tertiary/aromatic N) is 1. The lowest BCUT2D eigenvalue weighted by molar-refractivity contribution is -0.147. The molecule has 11 heteroatoms. The molecule has 0 saturated carbocycles. The van der Waals surface area contributed by atoms with Crippen LogP contribution in [0.15, 0.2) is 11.3 Å². The highest BCUT2D eigenvalue weighted by Gasteiger charge is 2.66. The fraction of sp³-hybridized carbons (Fsp3) is 0.600.